The van der Waals surface area contributed by atoms with Crippen LogP contribution in [0.15, 0.2) is 12.3 Å². The number of hydrogen-bond donors (Lipinski definition) is 3. The highest BCUT2D eigenvalue weighted by atomic mass is 35.5. The molecule has 1 saturated carbocycles. The fraction of sp³-hybridized carbons (Fsp3) is 0.640. The summed E-state index contributed by atoms with van der Waals surface area (Å²) in [6, 6.07) is 1.15. The first-order chi connectivity index (χ1) is 17.7. The molecule has 1 aliphatic rings. The molecule has 1 amide bonds. The van der Waals surface area contributed by atoms with Gasteiger partial charge >= 0.3 is 6.61 Å². The zero-order valence-corrected chi connectivity index (χ0v) is 22.4. The largest absolute Gasteiger partial charge is 0.434 e. The van der Waals surface area contributed by atoms with Crippen LogP contribution in [0.3, 0.4) is 0 Å². The maximum Gasteiger partial charge on any atom is 0.387 e. The number of aryl methyl sites for hydroxylation is 1. The average molecular weight is 565 g/mol. The highest BCUT2D eigenvalue weighted by Gasteiger charge is 2.40. The van der Waals surface area contributed by atoms with Crippen molar-refractivity contribution in [2.45, 2.75) is 84.7 Å². The van der Waals surface area contributed by atoms with E-state index in [4.69, 9.17) is 11.6 Å². The highest BCUT2D eigenvalue weighted by molar-refractivity contribution is 6.36. The lowest BCUT2D eigenvalue weighted by molar-refractivity contribution is -0.106. The molecule has 212 valence electrons. The number of alkyl halides is 4. The van der Waals surface area contributed by atoms with Crippen LogP contribution in [0.1, 0.15) is 63.1 Å². The normalized spacial score (nSPS) is 22.2. The van der Waals surface area contributed by atoms with Crippen LogP contribution in [-0.4, -0.2) is 62.2 Å². The van der Waals surface area contributed by atoms with Crippen molar-refractivity contribution in [1.82, 2.24) is 20.1 Å². The van der Waals surface area contributed by atoms with E-state index in [-0.39, 0.29) is 58.8 Å². The van der Waals surface area contributed by atoms with Gasteiger partial charge in [0.25, 0.3) is 5.91 Å². The molecule has 38 heavy (non-hydrogen) atoms. The molecular weight excluding hydrogens is 532 g/mol. The number of nitrogens with zero attached hydrogens (tertiary/aromatic N) is 3. The molecule has 0 radical (unpaired) electrons. The number of rotatable bonds is 10. The fourth-order valence-corrected chi connectivity index (χ4v) is 4.79. The highest BCUT2D eigenvalue weighted by Crippen LogP contribution is 2.39. The van der Waals surface area contributed by atoms with Crippen LogP contribution >= 0.6 is 11.6 Å². The van der Waals surface area contributed by atoms with E-state index < -0.39 is 36.1 Å². The Morgan fingerprint density at radius 3 is 2.63 bits per heavy atom. The summed E-state index contributed by atoms with van der Waals surface area (Å²) in [4.78, 5) is 17.1. The van der Waals surface area contributed by atoms with E-state index >= 15 is 0 Å². The van der Waals surface area contributed by atoms with Crippen LogP contribution in [0.25, 0.3) is 11.3 Å². The quantitative estimate of drug-likeness (QED) is 0.361. The zero-order valence-electron chi connectivity index (χ0n) is 21.6. The van der Waals surface area contributed by atoms with E-state index in [1.165, 1.54) is 24.7 Å². The molecule has 0 spiro atoms. The van der Waals surface area contributed by atoms with Crippen LogP contribution in [0, 0.1) is 11.3 Å². The number of aliphatic hydroxyl groups is 2. The van der Waals surface area contributed by atoms with E-state index in [2.05, 4.69) is 20.1 Å². The molecule has 0 bridgehead atoms. The number of carbonyl (C=O) groups is 1. The summed E-state index contributed by atoms with van der Waals surface area (Å²) in [7, 11) is 0. The van der Waals surface area contributed by atoms with Crippen molar-refractivity contribution in [1.29, 1.82) is 0 Å². The second-order valence-electron chi connectivity index (χ2n) is 10.5. The van der Waals surface area contributed by atoms with Gasteiger partial charge in [0.2, 0.25) is 6.43 Å². The van der Waals surface area contributed by atoms with Gasteiger partial charge in [-0.1, -0.05) is 32.4 Å². The molecule has 2 aromatic heterocycles. The third kappa shape index (κ3) is 6.58. The molecule has 1 fully saturated rings. The van der Waals surface area contributed by atoms with Crippen molar-refractivity contribution in [2.75, 3.05) is 6.54 Å². The molecule has 3 atom stereocenters. The number of ether oxygens (including phenoxy) is 1. The first kappa shape index (κ1) is 30.1. The van der Waals surface area contributed by atoms with Gasteiger partial charge in [-0.05, 0) is 32.1 Å². The molecule has 0 aromatic carbocycles. The van der Waals surface area contributed by atoms with Gasteiger partial charge in [-0.2, -0.15) is 13.9 Å². The summed E-state index contributed by atoms with van der Waals surface area (Å²) in [5, 5.41) is 27.7. The Hall–Kier alpha value is -2.44. The molecule has 13 heteroatoms. The van der Waals surface area contributed by atoms with Crippen LogP contribution < -0.4 is 10.1 Å². The molecule has 0 saturated heterocycles. The Labute approximate surface area is 223 Å². The fourth-order valence-electron chi connectivity index (χ4n) is 4.47. The van der Waals surface area contributed by atoms with Gasteiger partial charge in [0.1, 0.15) is 11.4 Å². The zero-order chi connectivity index (χ0) is 28.4. The minimum absolute atomic E-state index is 0.00220. The van der Waals surface area contributed by atoms with E-state index in [9.17, 15) is 32.6 Å². The number of nitrogens with one attached hydrogen (secondary N) is 1. The number of aliphatic hydroxyl groups excluding tert-OH is 1. The number of amides is 1. The Bertz CT molecular complexity index is 1150. The lowest BCUT2D eigenvalue weighted by atomic mass is 9.77. The molecule has 2 heterocycles. The maximum absolute atomic E-state index is 13.4. The number of pyridine rings is 1. The van der Waals surface area contributed by atoms with Crippen molar-refractivity contribution in [3.8, 4) is 17.0 Å². The van der Waals surface area contributed by atoms with Crippen LogP contribution in [0.4, 0.5) is 17.6 Å². The lowest BCUT2D eigenvalue weighted by Crippen LogP contribution is -2.54. The second kappa shape index (κ2) is 11.7. The third-order valence-corrected chi connectivity index (χ3v) is 7.26. The van der Waals surface area contributed by atoms with Gasteiger partial charge in [0, 0.05) is 42.9 Å². The van der Waals surface area contributed by atoms with Crippen molar-refractivity contribution >= 4 is 17.5 Å². The summed E-state index contributed by atoms with van der Waals surface area (Å²) < 4.78 is 59.2. The Kier molecular flexibility index (Phi) is 9.31. The minimum Gasteiger partial charge on any atom is -0.434 e. The van der Waals surface area contributed by atoms with Gasteiger partial charge in [-0.25, -0.2) is 8.78 Å². The van der Waals surface area contributed by atoms with E-state index in [1.54, 1.807) is 6.92 Å². The number of aromatic nitrogens is 3. The maximum atomic E-state index is 13.4. The van der Waals surface area contributed by atoms with Crippen molar-refractivity contribution in [2.24, 2.45) is 11.3 Å². The standard InChI is InChI=1S/C25H33ClF4N4O4/c1-5-34-20(15-11-31-14(9-16(15)38-23(29)30)10-24(3,4)22(27)28)18(26)19(33-34)21(36)32-12-25(37)7-6-13(2)8-17(25)35/h9,11,13,17,22-23,35,37H,5-8,10,12H2,1-4H3,(H,32,36)/t13-,17-,25-/m1/s1. The number of carbonyl (C=O) groups excluding carboxylic acids is 1. The van der Waals surface area contributed by atoms with E-state index in [0.717, 1.165) is 6.07 Å². The molecule has 3 rings (SSSR count). The molecule has 0 unspecified atom stereocenters. The van der Waals surface area contributed by atoms with Gasteiger partial charge in [0.05, 0.1) is 22.4 Å². The van der Waals surface area contributed by atoms with Crippen molar-refractivity contribution in [3.63, 3.8) is 0 Å². The first-order valence-electron chi connectivity index (χ1n) is 12.4. The Morgan fingerprint density at radius 1 is 1.37 bits per heavy atom. The van der Waals surface area contributed by atoms with Crippen molar-refractivity contribution in [3.05, 3.63) is 28.7 Å². The lowest BCUT2D eigenvalue weighted by Gasteiger charge is -2.39. The van der Waals surface area contributed by atoms with Crippen LogP contribution in [0.2, 0.25) is 5.02 Å². The third-order valence-electron chi connectivity index (χ3n) is 6.90. The smallest absolute Gasteiger partial charge is 0.387 e. The van der Waals surface area contributed by atoms with E-state index in [0.29, 0.717) is 19.3 Å². The number of halogens is 5. The molecule has 1 aliphatic carbocycles. The second-order valence-corrected chi connectivity index (χ2v) is 10.9. The van der Waals surface area contributed by atoms with Crippen molar-refractivity contribution < 1.29 is 37.3 Å². The molecule has 2 aromatic rings. The molecule has 0 aliphatic heterocycles. The summed E-state index contributed by atoms with van der Waals surface area (Å²) >= 11 is 6.51. The summed E-state index contributed by atoms with van der Waals surface area (Å²) in [5.41, 5.74) is -3.00. The van der Waals surface area contributed by atoms with E-state index in [1.807, 2.05) is 6.92 Å². The summed E-state index contributed by atoms with van der Waals surface area (Å²) in [6.45, 7) is 3.05. The molecule has 3 N–H and O–H groups in total. The Morgan fingerprint density at radius 2 is 2.05 bits per heavy atom. The Balaban J connectivity index is 1.93. The van der Waals surface area contributed by atoms with Crippen LogP contribution in [0.5, 0.6) is 5.75 Å². The topological polar surface area (TPSA) is 110 Å². The minimum atomic E-state index is -3.22. The first-order valence-corrected chi connectivity index (χ1v) is 12.7. The molecule has 8 nitrogen and oxygen atoms in total. The predicted octanol–water partition coefficient (Wildman–Crippen LogP) is 4.70. The van der Waals surface area contributed by atoms with Gasteiger partial charge in [-0.3, -0.25) is 14.5 Å². The summed E-state index contributed by atoms with van der Waals surface area (Å²) in [5.74, 6) is -0.848. The summed E-state index contributed by atoms with van der Waals surface area (Å²) in [6.07, 6.45) is -1.33. The monoisotopic (exact) mass is 564 g/mol. The SMILES string of the molecule is CCn1nc(C(=O)NC[C@]2(O)CC[C@@H](C)C[C@H]2O)c(Cl)c1-c1cnc(CC(C)(C)C(F)F)cc1OC(F)F. The van der Waals surface area contributed by atoms with Gasteiger partial charge in [0.15, 0.2) is 5.69 Å². The average Bonchev–Trinajstić information content (AvgIpc) is 3.16. The van der Waals surface area contributed by atoms with Gasteiger partial charge < -0.3 is 20.3 Å². The molecular formula is C25H33ClF4N4O4. The van der Waals surface area contributed by atoms with Gasteiger partial charge in [-0.15, -0.1) is 0 Å². The van der Waals surface area contributed by atoms with Crippen LogP contribution in [-0.2, 0) is 13.0 Å². The predicted molar refractivity (Wildman–Crippen MR) is 133 cm³/mol. The number of hydrogen-bond acceptors (Lipinski definition) is 6.